The van der Waals surface area contributed by atoms with Crippen LogP contribution in [0.1, 0.15) is 34.6 Å². The first-order chi connectivity index (χ1) is 8.44. The summed E-state index contributed by atoms with van der Waals surface area (Å²) in [5.74, 6) is 0. The molecule has 0 radical (unpaired) electrons. The van der Waals surface area contributed by atoms with Crippen molar-refractivity contribution in [1.82, 2.24) is 0 Å². The zero-order valence-electron chi connectivity index (χ0n) is 12.6. The number of halogens is 2. The molecule has 1 aromatic carbocycles. The summed E-state index contributed by atoms with van der Waals surface area (Å²) >= 11 is -0.119. The fourth-order valence-electron chi connectivity index (χ4n) is 2.38. The normalized spacial score (nSPS) is 17.2. The molecule has 0 atom stereocenters. The molecule has 1 aliphatic rings. The predicted octanol–water partition coefficient (Wildman–Crippen LogP) is 6.08. The van der Waals surface area contributed by atoms with Gasteiger partial charge in [-0.3, -0.25) is 0 Å². The molecule has 0 aromatic heterocycles. The average Bonchev–Trinajstić information content (AvgIpc) is 2.50. The average molecular weight is 350 g/mol. The number of benzene rings is 1. The molecule has 0 saturated heterocycles. The SMILES string of the molecule is CC1=C(C)C(C)(C)[C]([V]=[N]c2ccccc2)=C1C.Cl.Cl. The van der Waals surface area contributed by atoms with Crippen molar-refractivity contribution in [2.75, 3.05) is 0 Å². The second-order valence-corrected chi connectivity index (χ2v) is 6.71. The fraction of sp³-hybridized carbons (Fsp3) is 0.375. The molecular formula is C16H22Cl2NV. The van der Waals surface area contributed by atoms with Crippen LogP contribution in [0.3, 0.4) is 0 Å². The van der Waals surface area contributed by atoms with Gasteiger partial charge in [0.15, 0.2) is 0 Å². The summed E-state index contributed by atoms with van der Waals surface area (Å²) in [6, 6.07) is 10.3. The number of rotatable bonds is 2. The van der Waals surface area contributed by atoms with Crippen molar-refractivity contribution >= 4 is 30.5 Å². The van der Waals surface area contributed by atoms with Gasteiger partial charge in [0, 0.05) is 0 Å². The van der Waals surface area contributed by atoms with E-state index >= 15 is 0 Å². The van der Waals surface area contributed by atoms with Crippen LogP contribution in [-0.2, 0) is 16.1 Å². The minimum absolute atomic E-state index is 0. The molecule has 0 saturated carbocycles. The molecule has 110 valence electrons. The Bertz CT molecular complexity index is 557. The molecule has 20 heavy (non-hydrogen) atoms. The Labute approximate surface area is 141 Å². The molecule has 0 fully saturated rings. The number of hydrogen-bond acceptors (Lipinski definition) is 1. The van der Waals surface area contributed by atoms with Crippen LogP contribution < -0.4 is 0 Å². The van der Waals surface area contributed by atoms with E-state index in [9.17, 15) is 0 Å². The Morgan fingerprint density at radius 1 is 0.900 bits per heavy atom. The molecule has 1 aliphatic carbocycles. The molecule has 0 spiro atoms. The van der Waals surface area contributed by atoms with Crippen LogP contribution in [0.25, 0.3) is 0 Å². The summed E-state index contributed by atoms with van der Waals surface area (Å²) in [6.45, 7) is 11.4. The zero-order valence-corrected chi connectivity index (χ0v) is 15.6. The van der Waals surface area contributed by atoms with E-state index in [1.54, 1.807) is 4.28 Å². The number of hydrogen-bond donors (Lipinski definition) is 0. The summed E-state index contributed by atoms with van der Waals surface area (Å²) in [6.07, 6.45) is 0. The summed E-state index contributed by atoms with van der Waals surface area (Å²) in [5, 5.41) is 0. The van der Waals surface area contributed by atoms with Crippen molar-refractivity contribution in [2.24, 2.45) is 9.21 Å². The largest absolute Gasteiger partial charge is 0.147 e. The molecule has 0 amide bonds. The van der Waals surface area contributed by atoms with Gasteiger partial charge < -0.3 is 0 Å². The molecule has 0 unspecified atom stereocenters. The Hall–Kier alpha value is -0.336. The van der Waals surface area contributed by atoms with E-state index in [2.05, 4.69) is 58.9 Å². The maximum Gasteiger partial charge on any atom is -0.147 e. The molecule has 2 rings (SSSR count). The van der Waals surface area contributed by atoms with Gasteiger partial charge in [0.25, 0.3) is 0 Å². The van der Waals surface area contributed by atoms with E-state index in [0.29, 0.717) is 0 Å². The first kappa shape index (κ1) is 19.7. The maximum atomic E-state index is 4.81. The van der Waals surface area contributed by atoms with Crippen LogP contribution in [0.5, 0.6) is 0 Å². The Balaban J connectivity index is 0.00000180. The van der Waals surface area contributed by atoms with E-state index in [-0.39, 0.29) is 46.3 Å². The van der Waals surface area contributed by atoms with E-state index in [0.717, 1.165) is 5.69 Å². The maximum absolute atomic E-state index is 4.81. The monoisotopic (exact) mass is 349 g/mol. The quantitative estimate of drug-likeness (QED) is 0.613. The van der Waals surface area contributed by atoms with Crippen molar-refractivity contribution in [3.05, 3.63) is 51.3 Å². The minimum atomic E-state index is -0.119. The van der Waals surface area contributed by atoms with Gasteiger partial charge in [-0.05, 0) is 0 Å². The molecule has 1 nitrogen and oxygen atoms in total. The fourth-order valence-corrected chi connectivity index (χ4v) is 4.07. The van der Waals surface area contributed by atoms with Crippen molar-refractivity contribution in [3.8, 4) is 0 Å². The van der Waals surface area contributed by atoms with E-state index in [4.69, 9.17) is 3.79 Å². The smallest absolute Gasteiger partial charge is 0.147 e. The Morgan fingerprint density at radius 2 is 1.45 bits per heavy atom. The molecule has 0 N–H and O–H groups in total. The Morgan fingerprint density at radius 3 is 1.90 bits per heavy atom. The third-order valence-corrected chi connectivity index (χ3v) is 6.26. The van der Waals surface area contributed by atoms with E-state index < -0.39 is 0 Å². The molecule has 0 heterocycles. The van der Waals surface area contributed by atoms with E-state index in [1.807, 2.05) is 6.07 Å². The van der Waals surface area contributed by atoms with Crippen LogP contribution in [0.15, 0.2) is 55.1 Å². The van der Waals surface area contributed by atoms with Gasteiger partial charge in [-0.1, -0.05) is 0 Å². The molecule has 0 bridgehead atoms. The van der Waals surface area contributed by atoms with Gasteiger partial charge >= 0.3 is 117 Å². The molecule has 1 aromatic rings. The summed E-state index contributed by atoms with van der Waals surface area (Å²) < 4.78 is 6.37. The van der Waals surface area contributed by atoms with Crippen molar-refractivity contribution in [1.29, 1.82) is 0 Å². The van der Waals surface area contributed by atoms with Gasteiger partial charge in [0.05, 0.1) is 0 Å². The minimum Gasteiger partial charge on any atom is -0.147 e. The number of allylic oxidation sites excluding steroid dienone is 4. The third kappa shape index (κ3) is 3.65. The first-order valence-corrected chi connectivity index (χ1v) is 7.63. The van der Waals surface area contributed by atoms with E-state index in [1.165, 1.54) is 16.7 Å². The van der Waals surface area contributed by atoms with Gasteiger partial charge in [-0.2, -0.15) is 0 Å². The molecule has 0 aliphatic heterocycles. The zero-order chi connectivity index (χ0) is 13.3. The molecular weight excluding hydrogens is 328 g/mol. The number of nitrogens with zero attached hydrogens (tertiary/aromatic N) is 1. The summed E-state index contributed by atoms with van der Waals surface area (Å²) in [7, 11) is 0. The topological polar surface area (TPSA) is 12.4 Å². The standard InChI is InChI=1S/C10H15.C6H5N.2ClH.V/c1-7-6-10(4,5)9(3)8(7)2;7-6-4-2-1-3-5-6;;;/h1-5H3;1-5H;2*1H;. The summed E-state index contributed by atoms with van der Waals surface area (Å²) in [5.41, 5.74) is 5.75. The Kier molecular flexibility index (Phi) is 7.48. The van der Waals surface area contributed by atoms with Gasteiger partial charge in [-0.15, -0.1) is 24.8 Å². The van der Waals surface area contributed by atoms with Gasteiger partial charge in [-0.25, -0.2) is 0 Å². The van der Waals surface area contributed by atoms with Crippen LogP contribution in [0.4, 0.5) is 5.69 Å². The van der Waals surface area contributed by atoms with Gasteiger partial charge in [0.2, 0.25) is 0 Å². The van der Waals surface area contributed by atoms with Crippen molar-refractivity contribution in [2.45, 2.75) is 34.6 Å². The second kappa shape index (κ2) is 7.61. The van der Waals surface area contributed by atoms with Crippen LogP contribution in [0, 0.1) is 5.41 Å². The summed E-state index contributed by atoms with van der Waals surface area (Å²) in [4.78, 5) is 0. The van der Waals surface area contributed by atoms with Crippen molar-refractivity contribution < 1.29 is 16.1 Å². The van der Waals surface area contributed by atoms with Gasteiger partial charge in [0.1, 0.15) is 0 Å². The first-order valence-electron chi connectivity index (χ1n) is 6.31. The predicted molar refractivity (Wildman–Crippen MR) is 87.9 cm³/mol. The molecule has 4 heteroatoms. The third-order valence-electron chi connectivity index (χ3n) is 4.03. The second-order valence-electron chi connectivity index (χ2n) is 5.38. The van der Waals surface area contributed by atoms with Crippen molar-refractivity contribution in [3.63, 3.8) is 0 Å². The van der Waals surface area contributed by atoms with Crippen LogP contribution in [-0.4, -0.2) is 0 Å². The van der Waals surface area contributed by atoms with Crippen LogP contribution in [0.2, 0.25) is 0 Å². The van der Waals surface area contributed by atoms with Crippen LogP contribution >= 0.6 is 24.8 Å².